The van der Waals surface area contributed by atoms with Crippen molar-refractivity contribution in [1.82, 2.24) is 4.90 Å². The number of aryl methyl sites for hydroxylation is 2. The van der Waals surface area contributed by atoms with E-state index in [4.69, 9.17) is 0 Å². The first-order valence-corrected chi connectivity index (χ1v) is 12.5. The van der Waals surface area contributed by atoms with Crippen LogP contribution in [0.2, 0.25) is 0 Å². The Morgan fingerprint density at radius 3 is 1.52 bits per heavy atom. The van der Waals surface area contributed by atoms with Gasteiger partial charge in [-0.3, -0.25) is 0 Å². The lowest BCUT2D eigenvalue weighted by Crippen LogP contribution is -2.26. The third-order valence-electron chi connectivity index (χ3n) is 6.01. The van der Waals surface area contributed by atoms with Crippen molar-refractivity contribution in [3.63, 3.8) is 0 Å². The second kappa shape index (κ2) is 20.7. The lowest BCUT2D eigenvalue weighted by atomic mass is 10.0. The smallest absolute Gasteiger partial charge is 0.00187 e. The van der Waals surface area contributed by atoms with E-state index >= 15 is 0 Å². The van der Waals surface area contributed by atoms with Gasteiger partial charge in [0.1, 0.15) is 0 Å². The van der Waals surface area contributed by atoms with Crippen molar-refractivity contribution < 1.29 is 0 Å². The molecule has 0 fully saturated rings. The molecule has 0 atom stereocenters. The molecule has 170 valence electrons. The summed E-state index contributed by atoms with van der Waals surface area (Å²) < 4.78 is 0. The van der Waals surface area contributed by atoms with Crippen LogP contribution < -0.4 is 0 Å². The molecule has 0 saturated heterocycles. The van der Waals surface area contributed by atoms with Gasteiger partial charge in [-0.25, -0.2) is 0 Å². The first kappa shape index (κ1) is 28.5. The summed E-state index contributed by atoms with van der Waals surface area (Å²) in [7, 11) is 0. The van der Waals surface area contributed by atoms with Crippen molar-refractivity contribution in [1.29, 1.82) is 0 Å². The van der Waals surface area contributed by atoms with E-state index in [1.807, 2.05) is 0 Å². The van der Waals surface area contributed by atoms with Crippen molar-refractivity contribution in [2.24, 2.45) is 0 Å². The minimum atomic E-state index is 0. The number of hydrogen-bond acceptors (Lipinski definition) is 1. The summed E-state index contributed by atoms with van der Waals surface area (Å²) in [6, 6.07) is 8.86. The van der Waals surface area contributed by atoms with E-state index in [1.54, 1.807) is 5.56 Å². The highest BCUT2D eigenvalue weighted by molar-refractivity contribution is 5.85. The Morgan fingerprint density at radius 2 is 1.03 bits per heavy atom. The average Bonchev–Trinajstić information content (AvgIpc) is 2.69. The maximum Gasteiger partial charge on any atom is -0.00187 e. The molecule has 0 aromatic heterocycles. The van der Waals surface area contributed by atoms with Gasteiger partial charge in [-0.05, 0) is 69.8 Å². The molecule has 1 nitrogen and oxygen atoms in total. The maximum absolute atomic E-state index is 2.65. The molecule has 29 heavy (non-hydrogen) atoms. The molecule has 0 unspecified atom stereocenters. The summed E-state index contributed by atoms with van der Waals surface area (Å²) in [5, 5.41) is 0. The van der Waals surface area contributed by atoms with Gasteiger partial charge in [0, 0.05) is 0 Å². The molecule has 1 rings (SSSR count). The molecule has 0 aliphatic carbocycles. The van der Waals surface area contributed by atoms with E-state index < -0.39 is 0 Å². The molecular weight excluding hydrogens is 374 g/mol. The monoisotopic (exact) mass is 423 g/mol. The van der Waals surface area contributed by atoms with Gasteiger partial charge in [0.15, 0.2) is 0 Å². The van der Waals surface area contributed by atoms with Crippen LogP contribution in [0.3, 0.4) is 0 Å². The molecule has 0 saturated carbocycles. The standard InChI is InChI=1S/C27H49N.ClH/c1-4-23-28(24-5-2)25-19-15-13-11-9-7-6-8-10-12-14-16-21-27-22-18-17-20-26(27)3;/h17-18,20,22H,4-16,19,21,23-25H2,1-3H3;1H. The molecule has 1 aromatic rings. The fraction of sp³-hybridized carbons (Fsp3) is 0.778. The quantitative estimate of drug-likeness (QED) is 0.201. The van der Waals surface area contributed by atoms with Crippen LogP contribution in [0.4, 0.5) is 0 Å². The highest BCUT2D eigenvalue weighted by atomic mass is 35.5. The van der Waals surface area contributed by atoms with Crippen molar-refractivity contribution in [2.75, 3.05) is 19.6 Å². The zero-order valence-corrected chi connectivity index (χ0v) is 20.7. The van der Waals surface area contributed by atoms with Crippen molar-refractivity contribution in [3.05, 3.63) is 35.4 Å². The zero-order chi connectivity index (χ0) is 20.3. The molecule has 0 aliphatic rings. The zero-order valence-electron chi connectivity index (χ0n) is 19.9. The predicted octanol–water partition coefficient (Wildman–Crippen LogP) is 8.76. The molecular formula is C27H50ClN. The van der Waals surface area contributed by atoms with Gasteiger partial charge < -0.3 is 4.90 Å². The van der Waals surface area contributed by atoms with Crippen LogP contribution >= 0.6 is 12.4 Å². The van der Waals surface area contributed by atoms with Crippen LogP contribution in [0, 0.1) is 6.92 Å². The highest BCUT2D eigenvalue weighted by Gasteiger charge is 2.02. The highest BCUT2D eigenvalue weighted by Crippen LogP contribution is 2.15. The summed E-state index contributed by atoms with van der Waals surface area (Å²) in [6.07, 6.45) is 21.1. The second-order valence-electron chi connectivity index (χ2n) is 8.76. The Balaban J connectivity index is 0.00000784. The topological polar surface area (TPSA) is 3.24 Å². The van der Waals surface area contributed by atoms with Gasteiger partial charge in [-0.2, -0.15) is 0 Å². The van der Waals surface area contributed by atoms with E-state index in [0.717, 1.165) is 0 Å². The van der Waals surface area contributed by atoms with Crippen LogP contribution in [0.5, 0.6) is 0 Å². The fourth-order valence-corrected chi connectivity index (χ4v) is 4.28. The number of rotatable bonds is 19. The molecule has 0 aliphatic heterocycles. The first-order chi connectivity index (χ1) is 13.8. The number of nitrogens with zero attached hydrogens (tertiary/aromatic N) is 1. The molecule has 0 N–H and O–H groups in total. The lowest BCUT2D eigenvalue weighted by Gasteiger charge is -2.20. The lowest BCUT2D eigenvalue weighted by molar-refractivity contribution is 0.267. The Morgan fingerprint density at radius 1 is 0.586 bits per heavy atom. The van der Waals surface area contributed by atoms with E-state index in [1.165, 1.54) is 122 Å². The van der Waals surface area contributed by atoms with Gasteiger partial charge in [0.25, 0.3) is 0 Å². The Kier molecular flexibility index (Phi) is 20.4. The summed E-state index contributed by atoms with van der Waals surface area (Å²) in [4.78, 5) is 2.65. The normalized spacial score (nSPS) is 11.0. The average molecular weight is 424 g/mol. The van der Waals surface area contributed by atoms with Gasteiger partial charge >= 0.3 is 0 Å². The van der Waals surface area contributed by atoms with Crippen molar-refractivity contribution >= 4 is 12.4 Å². The molecule has 0 heterocycles. The Hall–Kier alpha value is -0.530. The van der Waals surface area contributed by atoms with Gasteiger partial charge in [-0.1, -0.05) is 102 Å². The second-order valence-corrected chi connectivity index (χ2v) is 8.76. The van der Waals surface area contributed by atoms with Gasteiger partial charge in [-0.15, -0.1) is 12.4 Å². The third kappa shape index (κ3) is 15.9. The number of hydrogen-bond donors (Lipinski definition) is 0. The maximum atomic E-state index is 2.65. The summed E-state index contributed by atoms with van der Waals surface area (Å²) >= 11 is 0. The van der Waals surface area contributed by atoms with E-state index in [2.05, 4.69) is 49.9 Å². The predicted molar refractivity (Wildman–Crippen MR) is 135 cm³/mol. The number of halogens is 1. The SMILES string of the molecule is CCCN(CCC)CCCCCCCCCCCCCCc1ccccc1C.Cl. The largest absolute Gasteiger partial charge is 0.303 e. The van der Waals surface area contributed by atoms with E-state index in [0.29, 0.717) is 0 Å². The van der Waals surface area contributed by atoms with Gasteiger partial charge in [0.05, 0.1) is 0 Å². The first-order valence-electron chi connectivity index (χ1n) is 12.5. The Bertz CT molecular complexity index is 454. The molecule has 1 aromatic carbocycles. The Labute approximate surface area is 189 Å². The van der Waals surface area contributed by atoms with Gasteiger partial charge in [0.2, 0.25) is 0 Å². The van der Waals surface area contributed by atoms with Crippen LogP contribution in [0.1, 0.15) is 115 Å². The van der Waals surface area contributed by atoms with E-state index in [9.17, 15) is 0 Å². The number of benzene rings is 1. The summed E-state index contributed by atoms with van der Waals surface area (Å²) in [6.45, 7) is 10.7. The molecule has 0 bridgehead atoms. The molecule has 2 heteroatoms. The summed E-state index contributed by atoms with van der Waals surface area (Å²) in [5.74, 6) is 0. The van der Waals surface area contributed by atoms with Crippen molar-refractivity contribution in [2.45, 2.75) is 117 Å². The van der Waals surface area contributed by atoms with E-state index in [-0.39, 0.29) is 12.4 Å². The minimum absolute atomic E-state index is 0. The molecule has 0 spiro atoms. The van der Waals surface area contributed by atoms with Crippen LogP contribution in [0.15, 0.2) is 24.3 Å². The molecule has 0 radical (unpaired) electrons. The van der Waals surface area contributed by atoms with Crippen LogP contribution in [0.25, 0.3) is 0 Å². The van der Waals surface area contributed by atoms with Crippen molar-refractivity contribution in [3.8, 4) is 0 Å². The minimum Gasteiger partial charge on any atom is -0.303 e. The number of unbranched alkanes of at least 4 members (excludes halogenated alkanes) is 11. The molecule has 0 amide bonds. The fourth-order valence-electron chi connectivity index (χ4n) is 4.28. The van der Waals surface area contributed by atoms with Crippen LogP contribution in [-0.4, -0.2) is 24.5 Å². The van der Waals surface area contributed by atoms with Crippen LogP contribution in [-0.2, 0) is 6.42 Å². The third-order valence-corrected chi connectivity index (χ3v) is 6.01. The summed E-state index contributed by atoms with van der Waals surface area (Å²) in [5.41, 5.74) is 3.01.